The van der Waals surface area contributed by atoms with Crippen LogP contribution in [0.15, 0.2) is 24.3 Å². The molecule has 0 spiro atoms. The fourth-order valence-electron chi connectivity index (χ4n) is 3.22. The third-order valence-electron chi connectivity index (χ3n) is 4.79. The fraction of sp³-hybridized carbons (Fsp3) is 0.611. The van der Waals surface area contributed by atoms with E-state index in [0.29, 0.717) is 12.3 Å². The number of benzene rings is 1. The van der Waals surface area contributed by atoms with E-state index in [1.807, 2.05) is 26.2 Å². The molecule has 1 heterocycles. The summed E-state index contributed by atoms with van der Waals surface area (Å²) in [5.41, 5.74) is 2.24. The molecule has 0 aromatic heterocycles. The predicted molar refractivity (Wildman–Crippen MR) is 90.2 cm³/mol. The maximum atomic E-state index is 12.1. The van der Waals surface area contributed by atoms with Crippen molar-refractivity contribution in [1.29, 1.82) is 0 Å². The zero-order chi connectivity index (χ0) is 15.5. The minimum absolute atomic E-state index is 0.141. The molecule has 1 aromatic rings. The second-order valence-corrected chi connectivity index (χ2v) is 6.92. The van der Waals surface area contributed by atoms with Crippen LogP contribution >= 0.6 is 0 Å². The molecule has 1 saturated heterocycles. The molecule has 22 heavy (non-hydrogen) atoms. The molecule has 3 rings (SSSR count). The van der Waals surface area contributed by atoms with Crippen molar-refractivity contribution in [2.24, 2.45) is 5.92 Å². The van der Waals surface area contributed by atoms with E-state index in [2.05, 4.69) is 27.2 Å². The van der Waals surface area contributed by atoms with E-state index in [1.165, 1.54) is 32.4 Å². The molecular formula is C18H27N3O. The van der Waals surface area contributed by atoms with Gasteiger partial charge in [0.2, 0.25) is 5.91 Å². The van der Waals surface area contributed by atoms with Gasteiger partial charge in [0.25, 0.3) is 0 Å². The van der Waals surface area contributed by atoms with Crippen LogP contribution in [0.5, 0.6) is 0 Å². The van der Waals surface area contributed by atoms with Crippen molar-refractivity contribution in [3.63, 3.8) is 0 Å². The largest absolute Gasteiger partial charge is 0.378 e. The van der Waals surface area contributed by atoms with Gasteiger partial charge in [0.1, 0.15) is 0 Å². The minimum Gasteiger partial charge on any atom is -0.378 e. The Morgan fingerprint density at radius 3 is 2.59 bits per heavy atom. The molecule has 1 aliphatic carbocycles. The number of hydrogen-bond acceptors (Lipinski definition) is 3. The number of anilines is 1. The monoisotopic (exact) mass is 301 g/mol. The number of likely N-dealkylation sites (tertiary alicyclic amines) is 1. The predicted octanol–water partition coefficient (Wildman–Crippen LogP) is 1.90. The van der Waals surface area contributed by atoms with Gasteiger partial charge < -0.3 is 15.1 Å². The molecule has 1 aromatic carbocycles. The van der Waals surface area contributed by atoms with Gasteiger partial charge in [-0.1, -0.05) is 12.1 Å². The summed E-state index contributed by atoms with van der Waals surface area (Å²) in [6, 6.07) is 9.06. The molecule has 0 bridgehead atoms. The quantitative estimate of drug-likeness (QED) is 0.871. The number of hydrogen-bond donors (Lipinski definition) is 1. The smallest absolute Gasteiger partial charge is 0.224 e. The number of rotatable bonds is 6. The average molecular weight is 301 g/mol. The van der Waals surface area contributed by atoms with Crippen LogP contribution in [-0.2, 0) is 11.2 Å². The van der Waals surface area contributed by atoms with Crippen LogP contribution in [0.3, 0.4) is 0 Å². The van der Waals surface area contributed by atoms with Gasteiger partial charge in [-0.2, -0.15) is 0 Å². The normalized spacial score (nSPS) is 21.8. The van der Waals surface area contributed by atoms with Gasteiger partial charge in [-0.25, -0.2) is 0 Å². The number of carbonyl (C=O) groups excluding carboxylic acids is 1. The highest BCUT2D eigenvalue weighted by molar-refractivity contribution is 5.78. The first-order valence-corrected chi connectivity index (χ1v) is 8.39. The van der Waals surface area contributed by atoms with Crippen molar-refractivity contribution < 1.29 is 4.79 Å². The first kappa shape index (κ1) is 15.3. The van der Waals surface area contributed by atoms with Gasteiger partial charge >= 0.3 is 0 Å². The highest BCUT2D eigenvalue weighted by Crippen LogP contribution is 2.31. The van der Waals surface area contributed by atoms with E-state index in [0.717, 1.165) is 23.8 Å². The van der Waals surface area contributed by atoms with Gasteiger partial charge in [0, 0.05) is 38.9 Å². The van der Waals surface area contributed by atoms with Crippen LogP contribution in [0.1, 0.15) is 24.8 Å². The second-order valence-electron chi connectivity index (χ2n) is 6.92. The average Bonchev–Trinajstić information content (AvgIpc) is 3.25. The van der Waals surface area contributed by atoms with Crippen LogP contribution in [0.2, 0.25) is 0 Å². The highest BCUT2D eigenvalue weighted by Gasteiger charge is 2.34. The topological polar surface area (TPSA) is 35.6 Å². The summed E-state index contributed by atoms with van der Waals surface area (Å²) in [5, 5.41) is 3.11. The highest BCUT2D eigenvalue weighted by atomic mass is 16.1. The number of nitrogens with one attached hydrogen (secondary N) is 1. The van der Waals surface area contributed by atoms with Gasteiger partial charge in [-0.3, -0.25) is 4.79 Å². The third kappa shape index (κ3) is 4.01. The lowest BCUT2D eigenvalue weighted by Crippen LogP contribution is -2.32. The molecule has 0 radical (unpaired) electrons. The van der Waals surface area contributed by atoms with Gasteiger partial charge in [0.05, 0.1) is 6.42 Å². The maximum Gasteiger partial charge on any atom is 0.224 e. The van der Waals surface area contributed by atoms with Crippen molar-refractivity contribution in [3.05, 3.63) is 29.8 Å². The summed E-state index contributed by atoms with van der Waals surface area (Å²) < 4.78 is 0. The van der Waals surface area contributed by atoms with Crippen LogP contribution in [-0.4, -0.2) is 50.6 Å². The van der Waals surface area contributed by atoms with E-state index in [-0.39, 0.29) is 5.91 Å². The first-order valence-electron chi connectivity index (χ1n) is 8.39. The van der Waals surface area contributed by atoms with Crippen molar-refractivity contribution in [3.8, 4) is 0 Å². The van der Waals surface area contributed by atoms with E-state index >= 15 is 0 Å². The zero-order valence-electron chi connectivity index (χ0n) is 13.7. The van der Waals surface area contributed by atoms with E-state index < -0.39 is 0 Å². The first-order chi connectivity index (χ1) is 10.6. The summed E-state index contributed by atoms with van der Waals surface area (Å²) in [4.78, 5) is 16.7. The Bertz CT molecular complexity index is 508. The Kier molecular flexibility index (Phi) is 4.67. The van der Waals surface area contributed by atoms with Crippen LogP contribution in [0.25, 0.3) is 0 Å². The molecule has 4 nitrogen and oxygen atoms in total. The summed E-state index contributed by atoms with van der Waals surface area (Å²) in [7, 11) is 4.04. The van der Waals surface area contributed by atoms with Gasteiger partial charge in [0.15, 0.2) is 0 Å². The molecule has 120 valence electrons. The van der Waals surface area contributed by atoms with Crippen molar-refractivity contribution in [2.75, 3.05) is 38.6 Å². The number of nitrogens with zero attached hydrogens (tertiary/aromatic N) is 2. The van der Waals surface area contributed by atoms with E-state index in [1.54, 1.807) is 0 Å². The molecule has 1 N–H and O–H groups in total. The van der Waals surface area contributed by atoms with Crippen LogP contribution in [0, 0.1) is 5.92 Å². The Morgan fingerprint density at radius 1 is 1.23 bits per heavy atom. The number of carbonyl (C=O) groups is 1. The lowest BCUT2D eigenvalue weighted by atomic mass is 10.1. The molecule has 1 saturated carbocycles. The molecule has 2 fully saturated rings. The van der Waals surface area contributed by atoms with Gasteiger partial charge in [-0.15, -0.1) is 0 Å². The van der Waals surface area contributed by atoms with Crippen LogP contribution in [0.4, 0.5) is 5.69 Å². The van der Waals surface area contributed by atoms with E-state index in [4.69, 9.17) is 0 Å². The third-order valence-corrected chi connectivity index (χ3v) is 4.79. The van der Waals surface area contributed by atoms with E-state index in [9.17, 15) is 4.79 Å². The Labute approximate surface area is 133 Å². The molecule has 4 heteroatoms. The molecular weight excluding hydrogens is 274 g/mol. The SMILES string of the molecule is CN(C)c1ccc(CC(=O)NC[C@H]2CCN(C3CC3)C2)cc1. The molecule has 1 atom stereocenters. The Hall–Kier alpha value is -1.55. The van der Waals surface area contributed by atoms with Crippen molar-refractivity contribution in [2.45, 2.75) is 31.7 Å². The zero-order valence-corrected chi connectivity index (χ0v) is 13.7. The second kappa shape index (κ2) is 6.69. The summed E-state index contributed by atoms with van der Waals surface area (Å²) >= 11 is 0. The standard InChI is InChI=1S/C18H27N3O/c1-20(2)16-5-3-14(4-6-16)11-18(22)19-12-15-9-10-21(13-15)17-7-8-17/h3-6,15,17H,7-13H2,1-2H3,(H,19,22)/t15-/m1/s1. The van der Waals surface area contributed by atoms with Crippen molar-refractivity contribution >= 4 is 11.6 Å². The van der Waals surface area contributed by atoms with Crippen LogP contribution < -0.4 is 10.2 Å². The maximum absolute atomic E-state index is 12.1. The summed E-state index contributed by atoms with van der Waals surface area (Å²) in [6.07, 6.45) is 4.46. The molecule has 1 aliphatic heterocycles. The minimum atomic E-state index is 0.141. The molecule has 0 unspecified atom stereocenters. The Morgan fingerprint density at radius 2 is 1.95 bits per heavy atom. The lowest BCUT2D eigenvalue weighted by Gasteiger charge is -2.15. The fourth-order valence-corrected chi connectivity index (χ4v) is 3.22. The Balaban J connectivity index is 1.40. The lowest BCUT2D eigenvalue weighted by molar-refractivity contribution is -0.120. The summed E-state index contributed by atoms with van der Waals surface area (Å²) in [6.45, 7) is 3.22. The summed E-state index contributed by atoms with van der Waals surface area (Å²) in [5.74, 6) is 0.781. The van der Waals surface area contributed by atoms with Gasteiger partial charge in [-0.05, 0) is 49.4 Å². The number of amides is 1. The van der Waals surface area contributed by atoms with Crippen molar-refractivity contribution in [1.82, 2.24) is 10.2 Å². The molecule has 1 amide bonds. The molecule has 2 aliphatic rings.